The summed E-state index contributed by atoms with van der Waals surface area (Å²) < 4.78 is 0. The lowest BCUT2D eigenvalue weighted by Gasteiger charge is -2.29. The number of halogens is 1. The van der Waals surface area contributed by atoms with Gasteiger partial charge in [0.15, 0.2) is 0 Å². The molecule has 0 radical (unpaired) electrons. The molecule has 7 nitrogen and oxygen atoms in total. The van der Waals surface area contributed by atoms with E-state index in [0.29, 0.717) is 23.6 Å². The van der Waals surface area contributed by atoms with Crippen molar-refractivity contribution in [3.05, 3.63) is 58.7 Å². The van der Waals surface area contributed by atoms with Crippen LogP contribution in [0.15, 0.2) is 42.6 Å². The summed E-state index contributed by atoms with van der Waals surface area (Å²) in [6.07, 6.45) is 2.41. The van der Waals surface area contributed by atoms with Crippen LogP contribution < -0.4 is 10.2 Å². The third-order valence-corrected chi connectivity index (χ3v) is 6.34. The fourth-order valence-electron chi connectivity index (χ4n) is 4.51. The zero-order chi connectivity index (χ0) is 22.6. The molecule has 162 valence electrons. The lowest BCUT2D eigenvalue weighted by molar-refractivity contribution is -0.136. The van der Waals surface area contributed by atoms with Crippen LogP contribution in [0.4, 0.5) is 5.69 Å². The second kappa shape index (κ2) is 7.60. The number of benzene rings is 2. The molecule has 32 heavy (non-hydrogen) atoms. The summed E-state index contributed by atoms with van der Waals surface area (Å²) in [7, 11) is 3.94. The average Bonchev–Trinajstić information content (AvgIpc) is 3.08. The highest BCUT2D eigenvalue weighted by atomic mass is 35.5. The van der Waals surface area contributed by atoms with Gasteiger partial charge in [0.25, 0.3) is 5.91 Å². The molecular formula is C24H21ClN4O3. The number of fused-ring (bicyclic) bond motifs is 2. The predicted octanol–water partition coefficient (Wildman–Crippen LogP) is 3.38. The summed E-state index contributed by atoms with van der Waals surface area (Å²) in [6, 6.07) is 10.7. The Balaban J connectivity index is 1.54. The number of carbonyl (C=O) groups excluding carboxylic acids is 3. The highest BCUT2D eigenvalue weighted by molar-refractivity contribution is 6.31. The van der Waals surface area contributed by atoms with E-state index >= 15 is 0 Å². The minimum atomic E-state index is -0.631. The molecule has 2 aliphatic rings. The van der Waals surface area contributed by atoms with Gasteiger partial charge in [-0.2, -0.15) is 0 Å². The van der Waals surface area contributed by atoms with Crippen LogP contribution in [0, 0.1) is 0 Å². The molecule has 5 rings (SSSR count). The molecule has 1 atom stereocenters. The first-order valence-electron chi connectivity index (χ1n) is 10.4. The first-order chi connectivity index (χ1) is 15.3. The number of nitrogens with zero attached hydrogens (tertiary/aromatic N) is 3. The SMILES string of the molecule is CN(C)c1cnc(-c2ccc3c(c2)CN(C2CCC(=O)NC2=O)C3=O)c2cc(Cl)ccc12. The molecule has 3 aromatic rings. The van der Waals surface area contributed by atoms with Crippen LogP contribution >= 0.6 is 11.6 Å². The van der Waals surface area contributed by atoms with Crippen LogP contribution in [0.25, 0.3) is 22.0 Å². The third kappa shape index (κ3) is 3.29. The van der Waals surface area contributed by atoms with Gasteiger partial charge in [0, 0.05) is 54.0 Å². The van der Waals surface area contributed by atoms with Crippen molar-refractivity contribution in [2.45, 2.75) is 25.4 Å². The molecule has 1 aromatic heterocycles. The van der Waals surface area contributed by atoms with Crippen molar-refractivity contribution >= 4 is 45.8 Å². The molecule has 1 fully saturated rings. The standard InChI is InChI=1S/C24H21ClN4O3/c1-28(2)20-11-26-22(18-10-15(25)4-6-17(18)20)13-3-5-16-14(9-13)12-29(24(16)32)19-7-8-21(30)27-23(19)31/h3-6,9-11,19H,7-8,12H2,1-2H3,(H,27,30,31). The lowest BCUT2D eigenvalue weighted by Crippen LogP contribution is -2.52. The smallest absolute Gasteiger partial charge is 0.255 e. The van der Waals surface area contributed by atoms with Crippen LogP contribution in [0.2, 0.25) is 5.02 Å². The van der Waals surface area contributed by atoms with Crippen LogP contribution in [0.3, 0.4) is 0 Å². The fourth-order valence-corrected chi connectivity index (χ4v) is 4.68. The van der Waals surface area contributed by atoms with Gasteiger partial charge < -0.3 is 9.80 Å². The summed E-state index contributed by atoms with van der Waals surface area (Å²) >= 11 is 6.30. The number of aromatic nitrogens is 1. The summed E-state index contributed by atoms with van der Waals surface area (Å²) in [4.78, 5) is 45.0. The van der Waals surface area contributed by atoms with Crippen molar-refractivity contribution in [3.8, 4) is 11.3 Å². The maximum absolute atomic E-state index is 13.0. The number of rotatable bonds is 3. The molecule has 3 heterocycles. The van der Waals surface area contributed by atoms with Gasteiger partial charge in [-0.1, -0.05) is 23.7 Å². The van der Waals surface area contributed by atoms with Gasteiger partial charge in [0.1, 0.15) is 6.04 Å². The molecule has 1 unspecified atom stereocenters. The zero-order valence-electron chi connectivity index (χ0n) is 17.7. The molecule has 8 heteroatoms. The second-order valence-electron chi connectivity index (χ2n) is 8.35. The van der Waals surface area contributed by atoms with Crippen molar-refractivity contribution in [3.63, 3.8) is 0 Å². The quantitative estimate of drug-likeness (QED) is 0.621. The minimum Gasteiger partial charge on any atom is -0.376 e. The van der Waals surface area contributed by atoms with Crippen LogP contribution in [0.1, 0.15) is 28.8 Å². The van der Waals surface area contributed by atoms with Gasteiger partial charge in [-0.25, -0.2) is 0 Å². The average molecular weight is 449 g/mol. The Morgan fingerprint density at radius 3 is 2.66 bits per heavy atom. The van der Waals surface area contributed by atoms with Gasteiger partial charge in [0.05, 0.1) is 17.6 Å². The summed E-state index contributed by atoms with van der Waals surface area (Å²) in [6.45, 7) is 0.322. The van der Waals surface area contributed by atoms with Crippen molar-refractivity contribution in [2.75, 3.05) is 19.0 Å². The van der Waals surface area contributed by atoms with Crippen LogP contribution in [0.5, 0.6) is 0 Å². The lowest BCUT2D eigenvalue weighted by atomic mass is 9.99. The number of pyridine rings is 1. The molecule has 2 aromatic carbocycles. The largest absolute Gasteiger partial charge is 0.376 e. The highest BCUT2D eigenvalue weighted by Gasteiger charge is 2.39. The molecule has 3 amide bonds. The van der Waals surface area contributed by atoms with E-state index in [9.17, 15) is 14.4 Å². The normalized spacial score (nSPS) is 18.2. The van der Waals surface area contributed by atoms with Crippen molar-refractivity contribution in [2.24, 2.45) is 0 Å². The van der Waals surface area contributed by atoms with E-state index < -0.39 is 11.9 Å². The Labute approximate surface area is 190 Å². The van der Waals surface area contributed by atoms with E-state index in [1.165, 1.54) is 0 Å². The van der Waals surface area contributed by atoms with Gasteiger partial charge in [-0.15, -0.1) is 0 Å². The van der Waals surface area contributed by atoms with Crippen molar-refractivity contribution in [1.29, 1.82) is 0 Å². The molecule has 2 aliphatic heterocycles. The van der Waals surface area contributed by atoms with E-state index in [2.05, 4.69) is 5.32 Å². The van der Waals surface area contributed by atoms with E-state index in [-0.39, 0.29) is 18.2 Å². The molecule has 1 saturated heterocycles. The molecular weight excluding hydrogens is 428 g/mol. The van der Waals surface area contributed by atoms with Gasteiger partial charge >= 0.3 is 0 Å². The Bertz CT molecular complexity index is 1300. The number of imide groups is 1. The first kappa shape index (κ1) is 20.5. The highest BCUT2D eigenvalue weighted by Crippen LogP contribution is 2.36. The van der Waals surface area contributed by atoms with E-state index in [0.717, 1.165) is 33.3 Å². The minimum absolute atomic E-state index is 0.190. The molecule has 1 N–H and O–H groups in total. The van der Waals surface area contributed by atoms with Gasteiger partial charge in [-0.05, 0) is 36.2 Å². The van der Waals surface area contributed by atoms with Gasteiger partial charge in [-0.3, -0.25) is 24.7 Å². The first-order valence-corrected chi connectivity index (χ1v) is 10.7. The second-order valence-corrected chi connectivity index (χ2v) is 8.78. The maximum Gasteiger partial charge on any atom is 0.255 e. The molecule has 0 aliphatic carbocycles. The van der Waals surface area contributed by atoms with Gasteiger partial charge in [0.2, 0.25) is 11.8 Å². The van der Waals surface area contributed by atoms with E-state index in [4.69, 9.17) is 16.6 Å². The van der Waals surface area contributed by atoms with Crippen molar-refractivity contribution < 1.29 is 14.4 Å². The van der Waals surface area contributed by atoms with Crippen molar-refractivity contribution in [1.82, 2.24) is 15.2 Å². The predicted molar refractivity (Wildman–Crippen MR) is 123 cm³/mol. The third-order valence-electron chi connectivity index (χ3n) is 6.11. The number of hydrogen-bond acceptors (Lipinski definition) is 5. The monoisotopic (exact) mass is 448 g/mol. The van der Waals surface area contributed by atoms with E-state index in [1.807, 2.05) is 55.5 Å². The molecule has 0 saturated carbocycles. The zero-order valence-corrected chi connectivity index (χ0v) is 18.4. The number of nitrogens with one attached hydrogen (secondary N) is 1. The number of anilines is 1. The van der Waals surface area contributed by atoms with Crippen LogP contribution in [-0.2, 0) is 16.1 Å². The Morgan fingerprint density at radius 1 is 1.09 bits per heavy atom. The molecule has 0 spiro atoms. The number of carbonyl (C=O) groups is 3. The Hall–Kier alpha value is -3.45. The number of piperidine rings is 1. The van der Waals surface area contributed by atoms with Crippen LogP contribution in [-0.4, -0.2) is 47.7 Å². The summed E-state index contributed by atoms with van der Waals surface area (Å²) in [5, 5.41) is 4.91. The fraction of sp³-hybridized carbons (Fsp3) is 0.250. The van der Waals surface area contributed by atoms with E-state index in [1.54, 1.807) is 11.0 Å². The summed E-state index contributed by atoms with van der Waals surface area (Å²) in [5.74, 6) is -0.899. The maximum atomic E-state index is 13.0. The summed E-state index contributed by atoms with van der Waals surface area (Å²) in [5.41, 5.74) is 4.06. The Morgan fingerprint density at radius 2 is 1.91 bits per heavy atom. The topological polar surface area (TPSA) is 82.6 Å². The number of amides is 3. The molecule has 0 bridgehead atoms. The number of hydrogen-bond donors (Lipinski definition) is 1. The Kier molecular flexibility index (Phi) is 4.86.